The van der Waals surface area contributed by atoms with Crippen LogP contribution in [0.1, 0.15) is 15.9 Å². The van der Waals surface area contributed by atoms with Crippen molar-refractivity contribution in [3.63, 3.8) is 0 Å². The Morgan fingerprint density at radius 1 is 1.58 bits per heavy atom. The first-order valence-electron chi connectivity index (χ1n) is 5.67. The molecule has 2 N–H and O–H groups in total. The van der Waals surface area contributed by atoms with Gasteiger partial charge in [0.2, 0.25) is 0 Å². The van der Waals surface area contributed by atoms with E-state index in [0.717, 1.165) is 0 Å². The van der Waals surface area contributed by atoms with E-state index in [1.54, 1.807) is 6.07 Å². The molecule has 19 heavy (non-hydrogen) atoms. The van der Waals surface area contributed by atoms with Gasteiger partial charge in [0.05, 0.1) is 17.3 Å². The maximum absolute atomic E-state index is 11.2. The molecule has 0 aromatic heterocycles. The highest BCUT2D eigenvalue weighted by Crippen LogP contribution is 2.37. The van der Waals surface area contributed by atoms with E-state index in [1.165, 1.54) is 6.07 Å². The first-order chi connectivity index (χ1) is 8.94. The van der Waals surface area contributed by atoms with Crippen LogP contribution in [0.3, 0.4) is 0 Å². The van der Waals surface area contributed by atoms with Crippen molar-refractivity contribution >= 4 is 12.7 Å². The first-order valence-corrected chi connectivity index (χ1v) is 5.67. The number of ether oxygens (including phenoxy) is 1. The maximum Gasteiger partial charge on any atom is 0.430 e. The number of hydrogen-bond acceptors (Lipinski definition) is 6. The lowest BCUT2D eigenvalue weighted by Gasteiger charge is -2.38. The van der Waals surface area contributed by atoms with Crippen LogP contribution in [-0.4, -0.2) is 29.4 Å². The fourth-order valence-electron chi connectivity index (χ4n) is 1.96. The number of carboxylic acid groups (broad SMARTS) is 1. The van der Waals surface area contributed by atoms with Gasteiger partial charge in [-0.2, -0.15) is 0 Å². The number of fused-ring (bicyclic) bond motifs is 1. The molecule has 1 aliphatic heterocycles. The molecule has 0 fully saturated rings. The van der Waals surface area contributed by atoms with Gasteiger partial charge in [-0.3, -0.25) is 0 Å². The minimum atomic E-state index is -3.06. The molecule has 0 saturated heterocycles. The second kappa shape index (κ2) is 4.84. The van der Waals surface area contributed by atoms with Crippen LogP contribution in [0.15, 0.2) is 12.1 Å². The van der Waals surface area contributed by atoms with Gasteiger partial charge in [0.25, 0.3) is 0 Å². The Labute approximate surface area is 109 Å². The van der Waals surface area contributed by atoms with Crippen molar-refractivity contribution in [2.45, 2.75) is 12.7 Å². The van der Waals surface area contributed by atoms with Crippen molar-refractivity contribution in [3.8, 4) is 23.8 Å². The molecule has 0 saturated carbocycles. The SMILES string of the molecule is C#CCOc1ccc2c(c1C(=O)[O-])O[B-](O)(O)CC2. The monoisotopic (exact) mass is 262 g/mol. The Morgan fingerprint density at radius 2 is 2.32 bits per heavy atom. The summed E-state index contributed by atoms with van der Waals surface area (Å²) in [7, 11) is 0. The lowest BCUT2D eigenvalue weighted by Crippen LogP contribution is -2.46. The lowest BCUT2D eigenvalue weighted by molar-refractivity contribution is -0.255. The average molecular weight is 262 g/mol. The van der Waals surface area contributed by atoms with Crippen molar-refractivity contribution in [2.75, 3.05) is 6.61 Å². The summed E-state index contributed by atoms with van der Waals surface area (Å²) in [5.74, 6) is 0.521. The molecule has 7 heteroatoms. The molecule has 1 aliphatic rings. The minimum absolute atomic E-state index is 0.00401. The number of hydrogen-bond donors (Lipinski definition) is 2. The topological polar surface area (TPSA) is 99.1 Å². The van der Waals surface area contributed by atoms with E-state index in [1.807, 2.05) is 0 Å². The van der Waals surface area contributed by atoms with Gasteiger partial charge in [0.15, 0.2) is 0 Å². The van der Waals surface area contributed by atoms with Crippen molar-refractivity contribution < 1.29 is 29.3 Å². The lowest BCUT2D eigenvalue weighted by atomic mass is 9.70. The predicted octanol–water partition coefficient (Wildman–Crippen LogP) is -1.08. The van der Waals surface area contributed by atoms with Crippen molar-refractivity contribution in [1.82, 2.24) is 0 Å². The molecule has 6 nitrogen and oxygen atoms in total. The highest BCUT2D eigenvalue weighted by atomic mass is 16.6. The Morgan fingerprint density at radius 3 is 2.95 bits per heavy atom. The van der Waals surface area contributed by atoms with E-state index < -0.39 is 12.7 Å². The molecule has 1 aromatic rings. The van der Waals surface area contributed by atoms with Gasteiger partial charge in [-0.1, -0.05) is 18.3 Å². The molecular formula is C12H11BO6-2. The van der Waals surface area contributed by atoms with Crippen LogP contribution in [0.4, 0.5) is 0 Å². The molecule has 1 heterocycles. The van der Waals surface area contributed by atoms with E-state index in [0.29, 0.717) is 5.56 Å². The third kappa shape index (κ3) is 2.65. The summed E-state index contributed by atoms with van der Waals surface area (Å²) in [4.78, 5) is 11.2. The van der Waals surface area contributed by atoms with Crippen LogP contribution in [0.25, 0.3) is 0 Å². The van der Waals surface area contributed by atoms with Crippen molar-refractivity contribution in [3.05, 3.63) is 23.3 Å². The van der Waals surface area contributed by atoms with Gasteiger partial charge in [-0.15, -0.1) is 6.42 Å². The number of carbonyl (C=O) groups excluding carboxylic acids is 1. The highest BCUT2D eigenvalue weighted by molar-refractivity contribution is 6.59. The van der Waals surface area contributed by atoms with Crippen LogP contribution in [0.5, 0.6) is 11.5 Å². The summed E-state index contributed by atoms with van der Waals surface area (Å²) in [6.07, 6.45) is 5.33. The normalized spacial score (nSPS) is 15.8. The van der Waals surface area contributed by atoms with Crippen LogP contribution < -0.4 is 14.5 Å². The molecule has 0 unspecified atom stereocenters. The first kappa shape index (κ1) is 13.3. The predicted molar refractivity (Wildman–Crippen MR) is 64.4 cm³/mol. The van der Waals surface area contributed by atoms with Gasteiger partial charge in [-0.25, -0.2) is 0 Å². The fraction of sp³-hybridized carbons (Fsp3) is 0.250. The number of rotatable bonds is 3. The van der Waals surface area contributed by atoms with Crippen LogP contribution in [0, 0.1) is 12.3 Å². The van der Waals surface area contributed by atoms with Gasteiger partial charge in [0.1, 0.15) is 12.4 Å². The highest BCUT2D eigenvalue weighted by Gasteiger charge is 2.31. The summed E-state index contributed by atoms with van der Waals surface area (Å²) in [5.41, 5.74) is 0.189. The zero-order valence-corrected chi connectivity index (χ0v) is 9.96. The quantitative estimate of drug-likeness (QED) is 0.531. The van der Waals surface area contributed by atoms with E-state index >= 15 is 0 Å². The Bertz CT molecular complexity index is 560. The largest absolute Gasteiger partial charge is 0.669 e. The van der Waals surface area contributed by atoms with Crippen molar-refractivity contribution in [2.24, 2.45) is 0 Å². The third-order valence-electron chi connectivity index (χ3n) is 2.81. The minimum Gasteiger partial charge on any atom is -0.669 e. The second-order valence-electron chi connectivity index (χ2n) is 4.22. The molecule has 0 spiro atoms. The molecule has 0 amide bonds. The van der Waals surface area contributed by atoms with E-state index in [9.17, 15) is 19.9 Å². The molecule has 0 bridgehead atoms. The van der Waals surface area contributed by atoms with Gasteiger partial charge >= 0.3 is 6.75 Å². The van der Waals surface area contributed by atoms with Crippen LogP contribution in [-0.2, 0) is 6.42 Å². The van der Waals surface area contributed by atoms with E-state index in [-0.39, 0.29) is 36.4 Å². The maximum atomic E-state index is 11.2. The second-order valence-corrected chi connectivity index (χ2v) is 4.22. The molecule has 0 aliphatic carbocycles. The molecule has 100 valence electrons. The summed E-state index contributed by atoms with van der Waals surface area (Å²) in [6.45, 7) is -3.17. The molecule has 1 aromatic carbocycles. The Kier molecular flexibility index (Phi) is 3.38. The van der Waals surface area contributed by atoms with Gasteiger partial charge < -0.3 is 29.3 Å². The van der Waals surface area contributed by atoms with Crippen LogP contribution >= 0.6 is 0 Å². The zero-order valence-electron chi connectivity index (χ0n) is 9.96. The summed E-state index contributed by atoms with van der Waals surface area (Å²) in [5, 5.41) is 30.2. The standard InChI is InChI=1S/C12H12BO6/c1-2-7-18-9-4-3-8-5-6-13(16,17)19-11(8)10(9)12(14)15/h1,3-4,16-17H,5-7H2,(H,14,15)/q-1/p-1. The average Bonchev–Trinajstić information content (AvgIpc) is 2.33. The number of aryl methyl sites for hydroxylation is 1. The molecule has 0 atom stereocenters. The number of carbonyl (C=O) groups is 1. The summed E-state index contributed by atoms with van der Waals surface area (Å²) < 4.78 is 10.0. The molecular weight excluding hydrogens is 251 g/mol. The summed E-state index contributed by atoms with van der Waals surface area (Å²) in [6, 6.07) is 3.04. The smallest absolute Gasteiger partial charge is 0.430 e. The Hall–Kier alpha value is -2.17. The van der Waals surface area contributed by atoms with E-state index in [4.69, 9.17) is 15.8 Å². The summed E-state index contributed by atoms with van der Waals surface area (Å²) >= 11 is 0. The van der Waals surface area contributed by atoms with Gasteiger partial charge in [0, 0.05) is 0 Å². The number of benzene rings is 1. The van der Waals surface area contributed by atoms with Gasteiger partial charge in [-0.05, 0) is 18.1 Å². The molecule has 2 rings (SSSR count). The number of carboxylic acids is 1. The van der Waals surface area contributed by atoms with Crippen LogP contribution in [0.2, 0.25) is 6.32 Å². The van der Waals surface area contributed by atoms with Crippen molar-refractivity contribution in [1.29, 1.82) is 0 Å². The van der Waals surface area contributed by atoms with E-state index in [2.05, 4.69) is 5.92 Å². The molecule has 0 radical (unpaired) electrons. The number of terminal acetylenes is 1. The Balaban J connectivity index is 2.50. The fourth-order valence-corrected chi connectivity index (χ4v) is 1.96. The number of aromatic carboxylic acids is 1. The third-order valence-corrected chi connectivity index (χ3v) is 2.81. The zero-order chi connectivity index (χ0) is 14.0.